The summed E-state index contributed by atoms with van der Waals surface area (Å²) in [7, 11) is 0. The summed E-state index contributed by atoms with van der Waals surface area (Å²) in [5.74, 6) is 5.01. The molecule has 1 aromatic heterocycles. The quantitative estimate of drug-likeness (QED) is 0.376. The summed E-state index contributed by atoms with van der Waals surface area (Å²) in [6.07, 6.45) is 3.09. The summed E-state index contributed by atoms with van der Waals surface area (Å²) in [6.45, 7) is 2.75. The molecule has 0 aliphatic heterocycles. The predicted octanol–water partition coefficient (Wildman–Crippen LogP) is 1.11. The van der Waals surface area contributed by atoms with Gasteiger partial charge in [0.2, 0.25) is 5.95 Å². The molecule has 1 aromatic rings. The minimum absolute atomic E-state index is 0.182. The smallest absolute Gasteiger partial charge is 0.239 e. The largest absolute Gasteiger partial charge is 0.367 e. The van der Waals surface area contributed by atoms with Crippen molar-refractivity contribution in [3.63, 3.8) is 0 Å². The molecule has 0 radical (unpaired) electrons. The fraction of sp³-hybridized carbons (Fsp3) is 0.500. The minimum atomic E-state index is -0.472. The van der Waals surface area contributed by atoms with Crippen molar-refractivity contribution in [3.05, 3.63) is 12.0 Å². The first-order valence-electron chi connectivity index (χ1n) is 4.51. The second-order valence-electron chi connectivity index (χ2n) is 2.81. The SMILES string of the molecule is CCCCNc1nc(NN)ncc1F. The van der Waals surface area contributed by atoms with Crippen molar-refractivity contribution in [1.29, 1.82) is 0 Å². The van der Waals surface area contributed by atoms with E-state index in [4.69, 9.17) is 5.84 Å². The van der Waals surface area contributed by atoms with Gasteiger partial charge in [0.05, 0.1) is 6.20 Å². The summed E-state index contributed by atoms with van der Waals surface area (Å²) in [6, 6.07) is 0. The van der Waals surface area contributed by atoms with Crippen LogP contribution in [0.1, 0.15) is 19.8 Å². The normalized spacial score (nSPS) is 9.93. The molecule has 0 saturated heterocycles. The van der Waals surface area contributed by atoms with Gasteiger partial charge in [-0.25, -0.2) is 15.2 Å². The number of hydrogen-bond acceptors (Lipinski definition) is 5. The van der Waals surface area contributed by atoms with Gasteiger partial charge in [-0.05, 0) is 6.42 Å². The Bertz CT molecular complexity index is 291. The molecule has 0 amide bonds. The average molecular weight is 199 g/mol. The molecule has 6 heteroatoms. The lowest BCUT2D eigenvalue weighted by atomic mass is 10.3. The maximum atomic E-state index is 13.1. The van der Waals surface area contributed by atoms with Crippen molar-refractivity contribution < 1.29 is 4.39 Å². The van der Waals surface area contributed by atoms with E-state index in [-0.39, 0.29) is 11.8 Å². The number of aromatic nitrogens is 2. The predicted molar refractivity (Wildman–Crippen MR) is 53.2 cm³/mol. The van der Waals surface area contributed by atoms with E-state index in [9.17, 15) is 4.39 Å². The zero-order valence-corrected chi connectivity index (χ0v) is 8.05. The van der Waals surface area contributed by atoms with Crippen molar-refractivity contribution in [1.82, 2.24) is 9.97 Å². The van der Waals surface area contributed by atoms with Crippen LogP contribution in [0.2, 0.25) is 0 Å². The Kier molecular flexibility index (Phi) is 4.06. The van der Waals surface area contributed by atoms with E-state index >= 15 is 0 Å². The lowest BCUT2D eigenvalue weighted by molar-refractivity contribution is 0.616. The topological polar surface area (TPSA) is 75.9 Å². The van der Waals surface area contributed by atoms with Crippen LogP contribution in [0.15, 0.2) is 6.20 Å². The second-order valence-corrected chi connectivity index (χ2v) is 2.81. The molecule has 78 valence electrons. The number of unbranched alkanes of at least 4 members (excludes halogenated alkanes) is 1. The molecule has 0 unspecified atom stereocenters. The molecule has 14 heavy (non-hydrogen) atoms. The van der Waals surface area contributed by atoms with Gasteiger partial charge >= 0.3 is 0 Å². The van der Waals surface area contributed by atoms with Crippen LogP contribution < -0.4 is 16.6 Å². The first kappa shape index (κ1) is 10.6. The van der Waals surface area contributed by atoms with E-state index < -0.39 is 5.82 Å². The van der Waals surface area contributed by atoms with Gasteiger partial charge in [-0.3, -0.25) is 5.43 Å². The highest BCUT2D eigenvalue weighted by atomic mass is 19.1. The maximum absolute atomic E-state index is 13.1. The van der Waals surface area contributed by atoms with Crippen molar-refractivity contribution in [2.24, 2.45) is 5.84 Å². The highest BCUT2D eigenvalue weighted by Crippen LogP contribution is 2.10. The Balaban J connectivity index is 2.64. The lowest BCUT2D eigenvalue weighted by Gasteiger charge is -2.06. The van der Waals surface area contributed by atoms with E-state index in [2.05, 4.69) is 27.6 Å². The van der Waals surface area contributed by atoms with Gasteiger partial charge in [0.15, 0.2) is 11.6 Å². The number of nitrogen functional groups attached to an aromatic ring is 1. The van der Waals surface area contributed by atoms with E-state index in [1.807, 2.05) is 0 Å². The minimum Gasteiger partial charge on any atom is -0.367 e. The van der Waals surface area contributed by atoms with Crippen LogP contribution in [0, 0.1) is 5.82 Å². The Morgan fingerprint density at radius 3 is 3.00 bits per heavy atom. The van der Waals surface area contributed by atoms with Crippen LogP contribution in [0.4, 0.5) is 16.2 Å². The molecule has 1 heterocycles. The molecular formula is C8H14FN5. The van der Waals surface area contributed by atoms with Gasteiger partial charge in [-0.1, -0.05) is 13.3 Å². The highest BCUT2D eigenvalue weighted by Gasteiger charge is 2.04. The first-order valence-corrected chi connectivity index (χ1v) is 4.51. The van der Waals surface area contributed by atoms with E-state index in [1.54, 1.807) is 0 Å². The van der Waals surface area contributed by atoms with Crippen LogP contribution in [0.5, 0.6) is 0 Å². The van der Waals surface area contributed by atoms with Gasteiger partial charge < -0.3 is 5.32 Å². The molecule has 0 atom stereocenters. The fourth-order valence-corrected chi connectivity index (χ4v) is 0.944. The molecule has 0 saturated carbocycles. The molecule has 1 rings (SSSR count). The standard InChI is InChI=1S/C8H14FN5/c1-2-3-4-11-7-6(9)5-12-8(13-7)14-10/h5H,2-4,10H2,1H3,(H2,11,12,13,14). The fourth-order valence-electron chi connectivity index (χ4n) is 0.944. The van der Waals surface area contributed by atoms with Crippen LogP contribution in [0.3, 0.4) is 0 Å². The first-order chi connectivity index (χ1) is 6.77. The molecular weight excluding hydrogens is 185 g/mol. The van der Waals surface area contributed by atoms with E-state index in [0.717, 1.165) is 19.0 Å². The van der Waals surface area contributed by atoms with Crippen molar-refractivity contribution in [3.8, 4) is 0 Å². The van der Waals surface area contributed by atoms with Crippen LogP contribution in [-0.2, 0) is 0 Å². The van der Waals surface area contributed by atoms with Gasteiger partial charge in [0.1, 0.15) is 0 Å². The molecule has 5 nitrogen and oxygen atoms in total. The summed E-state index contributed by atoms with van der Waals surface area (Å²) >= 11 is 0. The summed E-state index contributed by atoms with van der Waals surface area (Å²) in [4.78, 5) is 7.45. The van der Waals surface area contributed by atoms with Gasteiger partial charge in [0, 0.05) is 6.54 Å². The molecule has 0 aliphatic carbocycles. The molecule has 0 aliphatic rings. The Morgan fingerprint density at radius 2 is 2.36 bits per heavy atom. The van der Waals surface area contributed by atoms with Crippen LogP contribution >= 0.6 is 0 Å². The number of rotatable bonds is 5. The van der Waals surface area contributed by atoms with Crippen molar-refractivity contribution in [2.75, 3.05) is 17.3 Å². The zero-order valence-electron chi connectivity index (χ0n) is 8.05. The Hall–Kier alpha value is -1.43. The zero-order chi connectivity index (χ0) is 10.4. The highest BCUT2D eigenvalue weighted by molar-refractivity contribution is 5.40. The number of nitrogens with one attached hydrogen (secondary N) is 2. The molecule has 0 aromatic carbocycles. The Morgan fingerprint density at radius 1 is 1.57 bits per heavy atom. The number of hydrazine groups is 1. The van der Waals surface area contributed by atoms with E-state index in [1.165, 1.54) is 0 Å². The number of nitrogens with zero attached hydrogens (tertiary/aromatic N) is 2. The third-order valence-electron chi connectivity index (χ3n) is 1.70. The average Bonchev–Trinajstić information content (AvgIpc) is 2.21. The van der Waals surface area contributed by atoms with Crippen LogP contribution in [0.25, 0.3) is 0 Å². The summed E-state index contributed by atoms with van der Waals surface area (Å²) in [5, 5.41) is 2.87. The number of nitrogens with two attached hydrogens (primary N) is 1. The molecule has 0 fully saturated rings. The lowest BCUT2D eigenvalue weighted by Crippen LogP contribution is -2.13. The molecule has 0 spiro atoms. The Labute approximate surface area is 81.9 Å². The van der Waals surface area contributed by atoms with Gasteiger partial charge in [-0.2, -0.15) is 4.98 Å². The third kappa shape index (κ3) is 2.81. The van der Waals surface area contributed by atoms with Gasteiger partial charge in [-0.15, -0.1) is 0 Å². The van der Waals surface area contributed by atoms with E-state index in [0.29, 0.717) is 6.54 Å². The molecule has 4 N–H and O–H groups in total. The molecule has 0 bridgehead atoms. The number of halogens is 1. The van der Waals surface area contributed by atoms with Gasteiger partial charge in [0.25, 0.3) is 0 Å². The number of hydrogen-bond donors (Lipinski definition) is 3. The number of anilines is 2. The summed E-state index contributed by atoms with van der Waals surface area (Å²) in [5.41, 5.74) is 2.26. The van der Waals surface area contributed by atoms with Crippen LogP contribution in [-0.4, -0.2) is 16.5 Å². The third-order valence-corrected chi connectivity index (χ3v) is 1.70. The second kappa shape index (κ2) is 5.33. The summed E-state index contributed by atoms with van der Waals surface area (Å²) < 4.78 is 13.1. The van der Waals surface area contributed by atoms with Crippen molar-refractivity contribution in [2.45, 2.75) is 19.8 Å². The maximum Gasteiger partial charge on any atom is 0.239 e. The van der Waals surface area contributed by atoms with Crippen molar-refractivity contribution >= 4 is 11.8 Å². The monoisotopic (exact) mass is 199 g/mol.